The molecule has 8 nitrogen and oxygen atoms in total. The van der Waals surface area contributed by atoms with Crippen molar-refractivity contribution in [2.75, 3.05) is 52.3 Å². The van der Waals surface area contributed by atoms with Crippen molar-refractivity contribution in [1.82, 2.24) is 9.80 Å². The number of anilines is 1. The number of nitrogens with one attached hydrogen (secondary N) is 1. The molecule has 3 atom stereocenters. The van der Waals surface area contributed by atoms with Crippen LogP contribution in [0.1, 0.15) is 11.1 Å². The number of carbonyl (C=O) groups is 3. The summed E-state index contributed by atoms with van der Waals surface area (Å²) in [5, 5.41) is 3.78. The fourth-order valence-electron chi connectivity index (χ4n) is 6.31. The predicted molar refractivity (Wildman–Crippen MR) is 144 cm³/mol. The molecule has 37 heavy (non-hydrogen) atoms. The predicted octanol–water partition coefficient (Wildman–Crippen LogP) is 3.09. The minimum absolute atomic E-state index is 0.206. The van der Waals surface area contributed by atoms with E-state index in [-0.39, 0.29) is 18.2 Å². The normalized spacial score (nSPS) is 29.4. The lowest BCUT2D eigenvalue weighted by Gasteiger charge is -2.42. The van der Waals surface area contributed by atoms with Crippen molar-refractivity contribution in [3.63, 3.8) is 0 Å². The molecule has 2 aromatic carbocycles. The number of ether oxygens (including phenoxy) is 2. The number of rotatable bonds is 3. The number of ketones is 1. The van der Waals surface area contributed by atoms with Gasteiger partial charge in [0.25, 0.3) is 5.91 Å². The van der Waals surface area contributed by atoms with Gasteiger partial charge in [-0.2, -0.15) is 0 Å². The number of hydrogen-bond donors (Lipinski definition) is 1. The molecular formula is C27H26BrN3O5S. The highest BCUT2D eigenvalue weighted by Gasteiger charge is 2.78. The molecule has 4 aliphatic rings. The molecule has 0 bridgehead atoms. The van der Waals surface area contributed by atoms with Gasteiger partial charge in [0.1, 0.15) is 4.75 Å². The molecule has 192 valence electrons. The zero-order chi connectivity index (χ0) is 25.9. The topological polar surface area (TPSA) is 88.2 Å². The Morgan fingerprint density at radius 2 is 1.84 bits per heavy atom. The SMILES string of the molecule is COC(=O)[C@@H]1CN(C)[C@@]2(C(=O)Nc3ccccc32)C12SC(N1CCOCC1)=C(c1ccc(Br)cc1)C2=O. The number of morpholine rings is 1. The van der Waals surface area contributed by atoms with Gasteiger partial charge in [-0.1, -0.05) is 58.0 Å². The monoisotopic (exact) mass is 583 g/mol. The average Bonchev–Trinajstić information content (AvgIpc) is 3.49. The molecule has 0 aliphatic carbocycles. The Morgan fingerprint density at radius 1 is 1.14 bits per heavy atom. The number of esters is 1. The van der Waals surface area contributed by atoms with Crippen LogP contribution < -0.4 is 5.32 Å². The fourth-order valence-corrected chi connectivity index (χ4v) is 8.52. The molecule has 2 fully saturated rings. The molecule has 2 saturated heterocycles. The van der Waals surface area contributed by atoms with Gasteiger partial charge in [-0.25, -0.2) is 0 Å². The summed E-state index contributed by atoms with van der Waals surface area (Å²) in [4.78, 5) is 46.5. The molecular weight excluding hydrogens is 558 g/mol. The molecule has 2 aromatic rings. The number of carbonyl (C=O) groups excluding carboxylic acids is 3. The van der Waals surface area contributed by atoms with Gasteiger partial charge in [0.15, 0.2) is 11.3 Å². The van der Waals surface area contributed by atoms with Gasteiger partial charge < -0.3 is 19.7 Å². The van der Waals surface area contributed by atoms with E-state index in [9.17, 15) is 14.4 Å². The number of likely N-dealkylation sites (N-methyl/N-ethyl adjacent to an activating group) is 1. The number of nitrogens with zero attached hydrogens (tertiary/aromatic N) is 2. The van der Waals surface area contributed by atoms with Gasteiger partial charge in [0.2, 0.25) is 0 Å². The minimum atomic E-state index is -1.46. The number of fused-ring (bicyclic) bond motifs is 3. The largest absolute Gasteiger partial charge is 0.469 e. The first-order valence-corrected chi connectivity index (χ1v) is 13.7. The van der Waals surface area contributed by atoms with Gasteiger partial charge >= 0.3 is 5.97 Å². The van der Waals surface area contributed by atoms with Crippen LogP contribution in [0.25, 0.3) is 5.57 Å². The van der Waals surface area contributed by atoms with Gasteiger partial charge in [-0.15, -0.1) is 0 Å². The number of likely N-dealkylation sites (tertiary alicyclic amines) is 1. The maximum Gasteiger partial charge on any atom is 0.311 e. The van der Waals surface area contributed by atoms with E-state index in [1.165, 1.54) is 18.9 Å². The maximum atomic E-state index is 15.0. The molecule has 1 N–H and O–H groups in total. The third-order valence-electron chi connectivity index (χ3n) is 7.90. The van der Waals surface area contributed by atoms with Crippen molar-refractivity contribution in [2.24, 2.45) is 5.92 Å². The zero-order valence-electron chi connectivity index (χ0n) is 20.5. The Bertz CT molecular complexity index is 1340. The Morgan fingerprint density at radius 3 is 2.54 bits per heavy atom. The highest BCUT2D eigenvalue weighted by atomic mass is 79.9. The van der Waals surface area contributed by atoms with E-state index in [0.717, 1.165) is 15.1 Å². The molecule has 2 spiro atoms. The van der Waals surface area contributed by atoms with E-state index in [0.29, 0.717) is 43.1 Å². The summed E-state index contributed by atoms with van der Waals surface area (Å²) in [5.41, 5.74) is 1.24. The van der Waals surface area contributed by atoms with E-state index < -0.39 is 22.2 Å². The molecule has 6 rings (SSSR count). The van der Waals surface area contributed by atoms with Crippen LogP contribution in [0.15, 0.2) is 58.0 Å². The van der Waals surface area contributed by atoms with Crippen molar-refractivity contribution in [3.8, 4) is 0 Å². The first kappa shape index (κ1) is 24.7. The van der Waals surface area contributed by atoms with E-state index in [2.05, 4.69) is 26.1 Å². The summed E-state index contributed by atoms with van der Waals surface area (Å²) >= 11 is 4.83. The van der Waals surface area contributed by atoms with Crippen LogP contribution in [0.2, 0.25) is 0 Å². The lowest BCUT2D eigenvalue weighted by atomic mass is 9.70. The Balaban J connectivity index is 1.62. The molecule has 1 unspecified atom stereocenters. The standard InChI is InChI=1S/C27H26BrN3O5S/c1-30-15-19(24(33)35-2)27(26(30)18-5-3-4-6-20(18)29-25(26)34)22(32)21(16-7-9-17(28)10-8-16)23(37-27)31-11-13-36-14-12-31/h3-10,19H,11-15H2,1-2H3,(H,29,34)/t19-,26-,27?/m0/s1. The number of para-hydroxylation sites is 1. The first-order valence-electron chi connectivity index (χ1n) is 12.1. The Kier molecular flexibility index (Phi) is 5.98. The molecule has 1 amide bonds. The quantitative estimate of drug-likeness (QED) is 0.552. The number of allylic oxidation sites excluding steroid dienone is 1. The molecule has 4 heterocycles. The number of halogens is 1. The minimum Gasteiger partial charge on any atom is -0.469 e. The van der Waals surface area contributed by atoms with E-state index >= 15 is 0 Å². The second-order valence-corrected chi connectivity index (χ2v) is 11.8. The summed E-state index contributed by atoms with van der Waals surface area (Å²) in [6.07, 6.45) is 0. The summed E-state index contributed by atoms with van der Waals surface area (Å²) in [6.45, 7) is 2.50. The highest BCUT2D eigenvalue weighted by Crippen LogP contribution is 2.66. The van der Waals surface area contributed by atoms with E-state index in [1.54, 1.807) is 0 Å². The summed E-state index contributed by atoms with van der Waals surface area (Å²) in [5.74, 6) is -1.89. The Labute approximate surface area is 227 Å². The van der Waals surface area contributed by atoms with Gasteiger partial charge in [-0.3, -0.25) is 19.3 Å². The highest BCUT2D eigenvalue weighted by molar-refractivity contribution is 9.10. The van der Waals surface area contributed by atoms with Crippen LogP contribution in [0.3, 0.4) is 0 Å². The number of amides is 1. The molecule has 10 heteroatoms. The lowest BCUT2D eigenvalue weighted by molar-refractivity contribution is -0.147. The maximum absolute atomic E-state index is 15.0. The van der Waals surface area contributed by atoms with E-state index in [4.69, 9.17) is 9.47 Å². The van der Waals surface area contributed by atoms with Gasteiger partial charge in [-0.05, 0) is 30.8 Å². The van der Waals surface area contributed by atoms with Crippen molar-refractivity contribution in [3.05, 3.63) is 69.2 Å². The van der Waals surface area contributed by atoms with Crippen LogP contribution in [0, 0.1) is 5.92 Å². The molecule has 0 aromatic heterocycles. The van der Waals surface area contributed by atoms with Crippen LogP contribution >= 0.6 is 27.7 Å². The fraction of sp³-hybridized carbons (Fsp3) is 0.370. The number of hydrogen-bond acceptors (Lipinski definition) is 8. The molecule has 0 radical (unpaired) electrons. The number of thioether (sulfide) groups is 1. The van der Waals surface area contributed by atoms with Gasteiger partial charge in [0, 0.05) is 35.4 Å². The second-order valence-electron chi connectivity index (χ2n) is 9.62. The average molecular weight is 584 g/mol. The van der Waals surface area contributed by atoms with Crippen LogP contribution in [-0.2, 0) is 29.4 Å². The number of Topliss-reactive ketones (excluding diaryl/α,β-unsaturated/α-hetero) is 1. The summed E-state index contributed by atoms with van der Waals surface area (Å²) < 4.78 is 10.3. The second kappa shape index (κ2) is 8.97. The molecule has 4 aliphatic heterocycles. The zero-order valence-corrected chi connectivity index (χ0v) is 22.9. The summed E-state index contributed by atoms with van der Waals surface area (Å²) in [7, 11) is 3.14. The van der Waals surface area contributed by atoms with Crippen molar-refractivity contribution >= 4 is 56.6 Å². The van der Waals surface area contributed by atoms with Crippen LogP contribution in [0.5, 0.6) is 0 Å². The smallest absolute Gasteiger partial charge is 0.311 e. The van der Waals surface area contributed by atoms with Crippen molar-refractivity contribution in [1.29, 1.82) is 0 Å². The van der Waals surface area contributed by atoms with Crippen molar-refractivity contribution < 1.29 is 23.9 Å². The molecule has 0 saturated carbocycles. The Hall–Kier alpha value is -2.66. The van der Waals surface area contributed by atoms with Crippen LogP contribution in [-0.4, -0.2) is 79.2 Å². The summed E-state index contributed by atoms with van der Waals surface area (Å²) in [6, 6.07) is 15.0. The third kappa shape index (κ3) is 3.25. The van der Waals surface area contributed by atoms with E-state index in [1.807, 2.05) is 60.5 Å². The first-order chi connectivity index (χ1) is 17.9. The van der Waals surface area contributed by atoms with Crippen molar-refractivity contribution in [2.45, 2.75) is 10.3 Å². The third-order valence-corrected chi connectivity index (χ3v) is 10.2. The van der Waals surface area contributed by atoms with Gasteiger partial charge in [0.05, 0.1) is 36.8 Å². The number of methoxy groups -OCH3 is 1. The van der Waals surface area contributed by atoms with Crippen LogP contribution in [0.4, 0.5) is 5.69 Å². The lowest BCUT2D eigenvalue weighted by Crippen LogP contribution is -2.62. The number of benzene rings is 2.